The summed E-state index contributed by atoms with van der Waals surface area (Å²) >= 11 is 6.12. The Hall–Kier alpha value is -0.960. The van der Waals surface area contributed by atoms with E-state index in [-0.39, 0.29) is 11.3 Å². The Labute approximate surface area is 107 Å². The number of nitrogens with one attached hydrogen (secondary N) is 1. The molecule has 1 saturated carbocycles. The van der Waals surface area contributed by atoms with Gasteiger partial charge in [0, 0.05) is 11.9 Å². The number of rotatable bonds is 3. The van der Waals surface area contributed by atoms with Crippen LogP contribution in [0, 0.1) is 12.8 Å². The van der Waals surface area contributed by atoms with Crippen molar-refractivity contribution in [1.82, 2.24) is 5.32 Å². The molecule has 0 radical (unpaired) electrons. The number of carbonyl (C=O) groups excluding carboxylic acids is 1. The Morgan fingerprint density at radius 2 is 2.41 bits per heavy atom. The molecule has 1 heterocycles. The molecule has 1 N–H and O–H groups in total. The Morgan fingerprint density at radius 3 is 3.06 bits per heavy atom. The maximum Gasteiger partial charge on any atom is 0.254 e. The molecule has 1 aromatic rings. The summed E-state index contributed by atoms with van der Waals surface area (Å²) < 4.78 is 5.11. The zero-order chi connectivity index (χ0) is 12.3. The first-order valence-corrected chi connectivity index (χ1v) is 6.56. The molecule has 94 valence electrons. The van der Waals surface area contributed by atoms with Crippen molar-refractivity contribution in [1.29, 1.82) is 0 Å². The molecule has 0 bridgehead atoms. The lowest BCUT2D eigenvalue weighted by atomic mass is 9.89. The van der Waals surface area contributed by atoms with E-state index in [0.717, 1.165) is 25.0 Å². The minimum Gasteiger partial charge on any atom is -0.469 e. The van der Waals surface area contributed by atoms with Gasteiger partial charge in [-0.3, -0.25) is 4.79 Å². The minimum atomic E-state index is -0.0569. The molecule has 0 spiro atoms. The molecule has 17 heavy (non-hydrogen) atoms. The topological polar surface area (TPSA) is 42.2 Å². The molecular formula is C13H18ClNO2. The highest BCUT2D eigenvalue weighted by Gasteiger charge is 2.21. The second-order valence-electron chi connectivity index (χ2n) is 4.79. The number of aryl methyl sites for hydroxylation is 1. The van der Waals surface area contributed by atoms with E-state index >= 15 is 0 Å². The highest BCUT2D eigenvalue weighted by atomic mass is 35.5. The van der Waals surface area contributed by atoms with Gasteiger partial charge in [-0.1, -0.05) is 6.42 Å². The number of amides is 1. The molecular weight excluding hydrogens is 238 g/mol. The van der Waals surface area contributed by atoms with Crippen molar-refractivity contribution in [3.8, 4) is 0 Å². The van der Waals surface area contributed by atoms with Crippen LogP contribution in [0.5, 0.6) is 0 Å². The molecule has 1 amide bonds. The SMILES string of the molecule is Cc1cc(C(=O)NCC2CCCC(Cl)C2)co1. The van der Waals surface area contributed by atoms with Crippen LogP contribution in [0.2, 0.25) is 0 Å². The molecule has 1 aromatic heterocycles. The zero-order valence-electron chi connectivity index (χ0n) is 10.0. The fourth-order valence-electron chi connectivity index (χ4n) is 2.31. The lowest BCUT2D eigenvalue weighted by Gasteiger charge is -2.25. The van der Waals surface area contributed by atoms with E-state index in [2.05, 4.69) is 5.32 Å². The third-order valence-electron chi connectivity index (χ3n) is 3.26. The summed E-state index contributed by atoms with van der Waals surface area (Å²) in [5.41, 5.74) is 0.598. The van der Waals surface area contributed by atoms with E-state index in [1.54, 1.807) is 6.07 Å². The van der Waals surface area contributed by atoms with Crippen molar-refractivity contribution in [3.05, 3.63) is 23.7 Å². The van der Waals surface area contributed by atoms with Gasteiger partial charge in [0.25, 0.3) is 5.91 Å². The highest BCUT2D eigenvalue weighted by molar-refractivity contribution is 6.20. The van der Waals surface area contributed by atoms with Gasteiger partial charge in [0.15, 0.2) is 0 Å². The van der Waals surface area contributed by atoms with Crippen LogP contribution in [-0.2, 0) is 0 Å². The number of hydrogen-bond acceptors (Lipinski definition) is 2. The first kappa shape index (κ1) is 12.5. The number of furan rings is 1. The molecule has 0 saturated heterocycles. The normalized spacial score (nSPS) is 24.6. The maximum atomic E-state index is 11.8. The Morgan fingerprint density at radius 1 is 1.59 bits per heavy atom. The molecule has 1 aliphatic carbocycles. The van der Waals surface area contributed by atoms with Gasteiger partial charge in [-0.25, -0.2) is 0 Å². The van der Waals surface area contributed by atoms with E-state index in [1.807, 2.05) is 6.92 Å². The fourth-order valence-corrected chi connectivity index (χ4v) is 2.72. The van der Waals surface area contributed by atoms with Gasteiger partial charge in [-0.05, 0) is 38.2 Å². The number of alkyl halides is 1. The van der Waals surface area contributed by atoms with E-state index in [4.69, 9.17) is 16.0 Å². The van der Waals surface area contributed by atoms with Gasteiger partial charge in [0.1, 0.15) is 12.0 Å². The summed E-state index contributed by atoms with van der Waals surface area (Å²) in [4.78, 5) is 11.8. The van der Waals surface area contributed by atoms with Crippen molar-refractivity contribution in [2.75, 3.05) is 6.54 Å². The van der Waals surface area contributed by atoms with Crippen LogP contribution >= 0.6 is 11.6 Å². The van der Waals surface area contributed by atoms with Gasteiger partial charge in [-0.15, -0.1) is 11.6 Å². The van der Waals surface area contributed by atoms with Gasteiger partial charge in [0.05, 0.1) is 5.56 Å². The molecule has 4 heteroatoms. The average molecular weight is 256 g/mol. The zero-order valence-corrected chi connectivity index (χ0v) is 10.8. The van der Waals surface area contributed by atoms with Gasteiger partial charge < -0.3 is 9.73 Å². The first-order valence-electron chi connectivity index (χ1n) is 6.12. The fraction of sp³-hybridized carbons (Fsp3) is 0.615. The quantitative estimate of drug-likeness (QED) is 0.844. The summed E-state index contributed by atoms with van der Waals surface area (Å²) in [5, 5.41) is 3.22. The number of halogens is 1. The largest absolute Gasteiger partial charge is 0.469 e. The van der Waals surface area contributed by atoms with E-state index < -0.39 is 0 Å². The van der Waals surface area contributed by atoms with Gasteiger partial charge in [-0.2, -0.15) is 0 Å². The number of carbonyl (C=O) groups is 1. The van der Waals surface area contributed by atoms with Crippen LogP contribution < -0.4 is 5.32 Å². The van der Waals surface area contributed by atoms with Crippen LogP contribution in [-0.4, -0.2) is 17.8 Å². The minimum absolute atomic E-state index is 0.0569. The van der Waals surface area contributed by atoms with E-state index in [9.17, 15) is 4.79 Å². The van der Waals surface area contributed by atoms with Crippen LogP contribution in [0.25, 0.3) is 0 Å². The van der Waals surface area contributed by atoms with Crippen LogP contribution in [0.3, 0.4) is 0 Å². The Bertz CT molecular complexity index is 389. The van der Waals surface area contributed by atoms with Crippen LogP contribution in [0.15, 0.2) is 16.7 Å². The van der Waals surface area contributed by atoms with Crippen molar-refractivity contribution < 1.29 is 9.21 Å². The van der Waals surface area contributed by atoms with Crippen molar-refractivity contribution >= 4 is 17.5 Å². The van der Waals surface area contributed by atoms with E-state index in [0.29, 0.717) is 18.0 Å². The summed E-state index contributed by atoms with van der Waals surface area (Å²) in [5.74, 6) is 1.22. The molecule has 2 unspecified atom stereocenters. The van der Waals surface area contributed by atoms with Crippen molar-refractivity contribution in [2.24, 2.45) is 5.92 Å². The molecule has 2 atom stereocenters. The van der Waals surface area contributed by atoms with Crippen molar-refractivity contribution in [2.45, 2.75) is 38.0 Å². The summed E-state index contributed by atoms with van der Waals surface area (Å²) in [6.45, 7) is 2.54. The average Bonchev–Trinajstić information content (AvgIpc) is 2.73. The molecule has 0 aliphatic heterocycles. The molecule has 3 nitrogen and oxygen atoms in total. The lowest BCUT2D eigenvalue weighted by molar-refractivity contribution is 0.0943. The Kier molecular flexibility index (Phi) is 4.11. The number of hydrogen-bond donors (Lipinski definition) is 1. The predicted molar refractivity (Wildman–Crippen MR) is 67.4 cm³/mol. The first-order chi connectivity index (χ1) is 8.15. The maximum absolute atomic E-state index is 11.8. The predicted octanol–water partition coefficient (Wildman–Crippen LogP) is 3.12. The second kappa shape index (κ2) is 5.58. The molecule has 1 fully saturated rings. The second-order valence-corrected chi connectivity index (χ2v) is 5.40. The van der Waals surface area contributed by atoms with Crippen molar-refractivity contribution in [3.63, 3.8) is 0 Å². The summed E-state index contributed by atoms with van der Waals surface area (Å²) in [7, 11) is 0. The van der Waals surface area contributed by atoms with Gasteiger partial charge in [0.2, 0.25) is 0 Å². The molecule has 1 aliphatic rings. The highest BCUT2D eigenvalue weighted by Crippen LogP contribution is 2.27. The molecule has 2 rings (SSSR count). The van der Waals surface area contributed by atoms with Crippen LogP contribution in [0.1, 0.15) is 41.8 Å². The summed E-state index contributed by atoms with van der Waals surface area (Å²) in [6, 6.07) is 1.75. The van der Waals surface area contributed by atoms with Gasteiger partial charge >= 0.3 is 0 Å². The standard InChI is InChI=1S/C13H18ClNO2/c1-9-5-11(8-17-9)13(16)15-7-10-3-2-4-12(14)6-10/h5,8,10,12H,2-4,6-7H2,1H3,(H,15,16). The third-order valence-corrected chi connectivity index (χ3v) is 3.66. The summed E-state index contributed by atoms with van der Waals surface area (Å²) in [6.07, 6.45) is 5.93. The smallest absolute Gasteiger partial charge is 0.254 e. The third kappa shape index (κ3) is 3.50. The molecule has 0 aromatic carbocycles. The monoisotopic (exact) mass is 255 g/mol. The van der Waals surface area contributed by atoms with Crippen LogP contribution in [0.4, 0.5) is 0 Å². The van der Waals surface area contributed by atoms with E-state index in [1.165, 1.54) is 12.7 Å². The Balaban J connectivity index is 1.80. The lowest BCUT2D eigenvalue weighted by Crippen LogP contribution is -2.31.